The zero-order chi connectivity index (χ0) is 13.7. The molecule has 0 atom stereocenters. The summed E-state index contributed by atoms with van der Waals surface area (Å²) in [6.07, 6.45) is 0.998. The second-order valence-electron chi connectivity index (χ2n) is 4.46. The highest BCUT2D eigenvalue weighted by atomic mass is 16.5. The molecular weight excluding hydrogens is 238 g/mol. The van der Waals surface area contributed by atoms with Crippen LogP contribution in [0.25, 0.3) is 0 Å². The third-order valence-electron chi connectivity index (χ3n) is 2.69. The molecule has 0 bridgehead atoms. The van der Waals surface area contributed by atoms with Gasteiger partial charge in [0, 0.05) is 0 Å². The minimum atomic E-state index is 0.645. The van der Waals surface area contributed by atoms with Crippen molar-refractivity contribution in [3.63, 3.8) is 0 Å². The standard InChI is InChI=1S/C16H19NO2/c1-3-10-18-13-5-7-14(8-6-13)19-16-9-4-12(2)11-15(16)17/h4-9,11H,3,10,17H2,1-2H3. The topological polar surface area (TPSA) is 44.5 Å². The van der Waals surface area contributed by atoms with E-state index in [9.17, 15) is 0 Å². The molecule has 0 aromatic heterocycles. The zero-order valence-corrected chi connectivity index (χ0v) is 11.3. The molecule has 2 aromatic carbocycles. The number of ether oxygens (including phenoxy) is 2. The van der Waals surface area contributed by atoms with Crippen molar-refractivity contribution in [2.24, 2.45) is 0 Å². The van der Waals surface area contributed by atoms with Gasteiger partial charge in [0.05, 0.1) is 12.3 Å². The van der Waals surface area contributed by atoms with E-state index >= 15 is 0 Å². The van der Waals surface area contributed by atoms with Crippen LogP contribution < -0.4 is 15.2 Å². The number of nitrogens with two attached hydrogens (primary N) is 1. The molecule has 3 heteroatoms. The minimum absolute atomic E-state index is 0.645. The molecule has 0 aliphatic carbocycles. The first-order chi connectivity index (χ1) is 9.19. The summed E-state index contributed by atoms with van der Waals surface area (Å²) >= 11 is 0. The number of anilines is 1. The lowest BCUT2D eigenvalue weighted by Gasteiger charge is -2.10. The Morgan fingerprint density at radius 2 is 1.68 bits per heavy atom. The third kappa shape index (κ3) is 3.65. The second kappa shape index (κ2) is 6.14. The molecule has 2 N–H and O–H groups in total. The van der Waals surface area contributed by atoms with E-state index in [4.69, 9.17) is 15.2 Å². The summed E-state index contributed by atoms with van der Waals surface area (Å²) in [6.45, 7) is 4.81. The molecule has 100 valence electrons. The molecule has 0 fully saturated rings. The molecule has 0 amide bonds. The highest BCUT2D eigenvalue weighted by Gasteiger charge is 2.02. The maximum atomic E-state index is 5.92. The Hall–Kier alpha value is -2.16. The molecule has 3 nitrogen and oxygen atoms in total. The van der Waals surface area contributed by atoms with Gasteiger partial charge in [0.15, 0.2) is 0 Å². The predicted octanol–water partition coefficient (Wildman–Crippen LogP) is 4.16. The number of hydrogen-bond acceptors (Lipinski definition) is 3. The molecule has 0 saturated carbocycles. The van der Waals surface area contributed by atoms with Crippen LogP contribution in [0.1, 0.15) is 18.9 Å². The Balaban J connectivity index is 2.06. The molecule has 0 aliphatic heterocycles. The van der Waals surface area contributed by atoms with E-state index in [0.717, 1.165) is 30.1 Å². The van der Waals surface area contributed by atoms with Crippen molar-refractivity contribution < 1.29 is 9.47 Å². The van der Waals surface area contributed by atoms with Crippen LogP contribution >= 0.6 is 0 Å². The van der Waals surface area contributed by atoms with Crippen molar-refractivity contribution in [1.29, 1.82) is 0 Å². The van der Waals surface area contributed by atoms with E-state index in [-0.39, 0.29) is 0 Å². The van der Waals surface area contributed by atoms with Crippen molar-refractivity contribution in [1.82, 2.24) is 0 Å². The van der Waals surface area contributed by atoms with Crippen molar-refractivity contribution in [3.8, 4) is 17.2 Å². The molecule has 0 radical (unpaired) electrons. The Kier molecular flexibility index (Phi) is 4.29. The lowest BCUT2D eigenvalue weighted by Crippen LogP contribution is -1.95. The monoisotopic (exact) mass is 257 g/mol. The molecule has 0 spiro atoms. The van der Waals surface area contributed by atoms with Gasteiger partial charge in [-0.15, -0.1) is 0 Å². The van der Waals surface area contributed by atoms with Gasteiger partial charge in [0.1, 0.15) is 17.2 Å². The molecule has 2 aromatic rings. The van der Waals surface area contributed by atoms with Gasteiger partial charge in [-0.25, -0.2) is 0 Å². The molecule has 0 heterocycles. The lowest BCUT2D eigenvalue weighted by molar-refractivity contribution is 0.317. The van der Waals surface area contributed by atoms with Crippen LogP contribution in [0.15, 0.2) is 42.5 Å². The van der Waals surface area contributed by atoms with Gasteiger partial charge in [-0.2, -0.15) is 0 Å². The van der Waals surface area contributed by atoms with Crippen LogP contribution in [0.2, 0.25) is 0 Å². The Labute approximate surface area is 114 Å². The number of hydrogen-bond donors (Lipinski definition) is 1. The smallest absolute Gasteiger partial charge is 0.150 e. The summed E-state index contributed by atoms with van der Waals surface area (Å²) in [5, 5.41) is 0. The van der Waals surface area contributed by atoms with Crippen LogP contribution in [0.4, 0.5) is 5.69 Å². The fourth-order valence-electron chi connectivity index (χ4n) is 1.71. The average molecular weight is 257 g/mol. The van der Waals surface area contributed by atoms with E-state index in [0.29, 0.717) is 11.4 Å². The first-order valence-corrected chi connectivity index (χ1v) is 6.46. The SMILES string of the molecule is CCCOc1ccc(Oc2ccc(C)cc2N)cc1. The highest BCUT2D eigenvalue weighted by Crippen LogP contribution is 2.29. The number of nitrogen functional groups attached to an aromatic ring is 1. The van der Waals surface area contributed by atoms with Crippen molar-refractivity contribution >= 4 is 5.69 Å². The molecule has 0 aliphatic rings. The van der Waals surface area contributed by atoms with E-state index in [1.165, 1.54) is 0 Å². The van der Waals surface area contributed by atoms with Gasteiger partial charge >= 0.3 is 0 Å². The predicted molar refractivity (Wildman–Crippen MR) is 77.9 cm³/mol. The first kappa shape index (κ1) is 13.3. The van der Waals surface area contributed by atoms with E-state index < -0.39 is 0 Å². The van der Waals surface area contributed by atoms with Gasteiger partial charge in [-0.05, 0) is 55.3 Å². The fourth-order valence-corrected chi connectivity index (χ4v) is 1.71. The highest BCUT2D eigenvalue weighted by molar-refractivity contribution is 5.55. The van der Waals surface area contributed by atoms with Crippen molar-refractivity contribution in [2.75, 3.05) is 12.3 Å². The minimum Gasteiger partial charge on any atom is -0.494 e. The number of rotatable bonds is 5. The summed E-state index contributed by atoms with van der Waals surface area (Å²) < 4.78 is 11.3. The van der Waals surface area contributed by atoms with Gasteiger partial charge in [0.2, 0.25) is 0 Å². The summed E-state index contributed by atoms with van der Waals surface area (Å²) in [4.78, 5) is 0. The molecule has 2 rings (SSSR count). The Morgan fingerprint density at radius 1 is 1.00 bits per heavy atom. The van der Waals surface area contributed by atoms with Crippen LogP contribution in [-0.4, -0.2) is 6.61 Å². The summed E-state index contributed by atoms with van der Waals surface area (Å²) in [6, 6.07) is 13.3. The maximum Gasteiger partial charge on any atom is 0.150 e. The summed E-state index contributed by atoms with van der Waals surface area (Å²) in [5.74, 6) is 2.28. The van der Waals surface area contributed by atoms with Crippen molar-refractivity contribution in [2.45, 2.75) is 20.3 Å². The van der Waals surface area contributed by atoms with Crippen LogP contribution in [0, 0.1) is 6.92 Å². The maximum absolute atomic E-state index is 5.92. The normalized spacial score (nSPS) is 10.2. The Morgan fingerprint density at radius 3 is 2.32 bits per heavy atom. The first-order valence-electron chi connectivity index (χ1n) is 6.46. The molecule has 0 saturated heterocycles. The number of aryl methyl sites for hydroxylation is 1. The third-order valence-corrected chi connectivity index (χ3v) is 2.69. The van der Waals surface area contributed by atoms with E-state index in [1.807, 2.05) is 49.4 Å². The molecule has 19 heavy (non-hydrogen) atoms. The summed E-state index contributed by atoms with van der Waals surface area (Å²) in [7, 11) is 0. The van der Waals surface area contributed by atoms with Gasteiger partial charge in [-0.1, -0.05) is 13.0 Å². The second-order valence-corrected chi connectivity index (χ2v) is 4.46. The zero-order valence-electron chi connectivity index (χ0n) is 11.3. The molecule has 0 unspecified atom stereocenters. The van der Waals surface area contributed by atoms with E-state index in [2.05, 4.69) is 6.92 Å². The average Bonchev–Trinajstić information content (AvgIpc) is 2.41. The van der Waals surface area contributed by atoms with Gasteiger partial charge in [0.25, 0.3) is 0 Å². The lowest BCUT2D eigenvalue weighted by atomic mass is 10.2. The van der Waals surface area contributed by atoms with E-state index in [1.54, 1.807) is 0 Å². The van der Waals surface area contributed by atoms with Crippen LogP contribution in [0.3, 0.4) is 0 Å². The van der Waals surface area contributed by atoms with Crippen LogP contribution in [-0.2, 0) is 0 Å². The van der Waals surface area contributed by atoms with Gasteiger partial charge < -0.3 is 15.2 Å². The Bertz CT molecular complexity index is 535. The largest absolute Gasteiger partial charge is 0.494 e. The fraction of sp³-hybridized carbons (Fsp3) is 0.250. The summed E-state index contributed by atoms with van der Waals surface area (Å²) in [5.41, 5.74) is 7.68. The van der Waals surface area contributed by atoms with Gasteiger partial charge in [-0.3, -0.25) is 0 Å². The quantitative estimate of drug-likeness (QED) is 0.818. The number of benzene rings is 2. The van der Waals surface area contributed by atoms with Crippen molar-refractivity contribution in [3.05, 3.63) is 48.0 Å². The molecular formula is C16H19NO2. The van der Waals surface area contributed by atoms with Crippen LogP contribution in [0.5, 0.6) is 17.2 Å².